The van der Waals surface area contributed by atoms with Crippen molar-refractivity contribution in [3.8, 4) is 0 Å². The number of hydrogen-bond donors (Lipinski definition) is 3. The average molecular weight is 266 g/mol. The van der Waals surface area contributed by atoms with Crippen molar-refractivity contribution in [2.24, 2.45) is 10.9 Å². The minimum absolute atomic E-state index is 0.0109. The van der Waals surface area contributed by atoms with Gasteiger partial charge in [0.1, 0.15) is 5.82 Å². The number of anilines is 1. The molecule has 1 fully saturated rings. The van der Waals surface area contributed by atoms with E-state index in [1.807, 2.05) is 11.8 Å². The number of aliphatic hydroxyl groups is 1. The Morgan fingerprint density at radius 1 is 1.58 bits per heavy atom. The first-order valence-electron chi connectivity index (χ1n) is 6.09. The molecule has 1 aliphatic heterocycles. The van der Waals surface area contributed by atoms with E-state index in [1.54, 1.807) is 18.3 Å². The van der Waals surface area contributed by atoms with Crippen LogP contribution < -0.4 is 10.6 Å². The number of morpholine rings is 1. The maximum absolute atomic E-state index is 9.19. The van der Waals surface area contributed by atoms with Crippen LogP contribution >= 0.6 is 0 Å². The van der Waals surface area contributed by atoms with Crippen molar-refractivity contribution in [2.45, 2.75) is 19.1 Å². The van der Waals surface area contributed by atoms with E-state index in [4.69, 9.17) is 15.7 Å². The Kier molecular flexibility index (Phi) is 4.18. The van der Waals surface area contributed by atoms with Crippen molar-refractivity contribution in [1.82, 2.24) is 4.98 Å². The molecule has 7 nitrogen and oxygen atoms in total. The van der Waals surface area contributed by atoms with Crippen molar-refractivity contribution in [3.63, 3.8) is 0 Å². The molecule has 0 saturated carbocycles. The molecule has 0 bridgehead atoms. The van der Waals surface area contributed by atoms with Gasteiger partial charge < -0.3 is 25.7 Å². The summed E-state index contributed by atoms with van der Waals surface area (Å²) in [6.45, 7) is 3.26. The highest BCUT2D eigenvalue weighted by atomic mass is 16.5. The van der Waals surface area contributed by atoms with Crippen LogP contribution in [0.25, 0.3) is 0 Å². The van der Waals surface area contributed by atoms with Gasteiger partial charge in [0.15, 0.2) is 5.84 Å². The van der Waals surface area contributed by atoms with Gasteiger partial charge in [-0.25, -0.2) is 4.98 Å². The molecule has 104 valence electrons. The highest BCUT2D eigenvalue weighted by Crippen LogP contribution is 2.18. The number of nitrogens with two attached hydrogens (primary N) is 1. The molecule has 2 atom stereocenters. The summed E-state index contributed by atoms with van der Waals surface area (Å²) >= 11 is 0. The number of aromatic nitrogens is 1. The number of ether oxygens (including phenoxy) is 1. The summed E-state index contributed by atoms with van der Waals surface area (Å²) in [5.74, 6) is 0.811. The Morgan fingerprint density at radius 2 is 2.37 bits per heavy atom. The Bertz CT molecular complexity index is 449. The largest absolute Gasteiger partial charge is 0.409 e. The van der Waals surface area contributed by atoms with Crippen molar-refractivity contribution in [2.75, 3.05) is 24.6 Å². The summed E-state index contributed by atoms with van der Waals surface area (Å²) in [5, 5.41) is 20.7. The highest BCUT2D eigenvalue weighted by Gasteiger charge is 2.25. The summed E-state index contributed by atoms with van der Waals surface area (Å²) in [7, 11) is 0. The summed E-state index contributed by atoms with van der Waals surface area (Å²) in [5.41, 5.74) is 6.04. The third kappa shape index (κ3) is 3.12. The quantitative estimate of drug-likeness (QED) is 0.302. The van der Waals surface area contributed by atoms with Gasteiger partial charge >= 0.3 is 0 Å². The molecular formula is C12H18N4O3. The highest BCUT2D eigenvalue weighted by molar-refractivity contribution is 5.96. The van der Waals surface area contributed by atoms with Crippen LogP contribution in [-0.2, 0) is 4.74 Å². The lowest BCUT2D eigenvalue weighted by molar-refractivity contribution is -0.0423. The van der Waals surface area contributed by atoms with Crippen LogP contribution in [-0.4, -0.2) is 53.0 Å². The second-order valence-corrected chi connectivity index (χ2v) is 4.55. The van der Waals surface area contributed by atoms with E-state index in [1.165, 1.54) is 0 Å². The third-order valence-corrected chi connectivity index (χ3v) is 3.01. The first-order chi connectivity index (χ1) is 9.13. The first-order valence-corrected chi connectivity index (χ1v) is 6.09. The smallest absolute Gasteiger partial charge is 0.171 e. The standard InChI is InChI=1S/C12H18N4O3/c1-8-5-16(6-10(7-17)19-8)11-3-2-9(4-14-11)12(13)15-18/h2-4,8,10,17-18H,5-7H2,1H3,(H2,13,15). The molecule has 7 heteroatoms. The van der Waals surface area contributed by atoms with Gasteiger partial charge in [-0.15, -0.1) is 0 Å². The lowest BCUT2D eigenvalue weighted by Crippen LogP contribution is -2.48. The summed E-state index contributed by atoms with van der Waals surface area (Å²) in [4.78, 5) is 6.34. The molecule has 2 heterocycles. The fourth-order valence-corrected chi connectivity index (χ4v) is 2.12. The second kappa shape index (κ2) is 5.85. The van der Waals surface area contributed by atoms with Crippen LogP contribution in [0.15, 0.2) is 23.5 Å². The minimum atomic E-state index is -0.200. The van der Waals surface area contributed by atoms with Crippen LogP contribution in [0.5, 0.6) is 0 Å². The predicted octanol–water partition coefficient (Wildman–Crippen LogP) is -0.238. The molecule has 2 rings (SSSR count). The van der Waals surface area contributed by atoms with E-state index < -0.39 is 0 Å². The Morgan fingerprint density at radius 3 is 2.95 bits per heavy atom. The van der Waals surface area contributed by atoms with Gasteiger partial charge in [-0.2, -0.15) is 0 Å². The molecule has 1 saturated heterocycles. The van der Waals surface area contributed by atoms with Crippen LogP contribution in [0.1, 0.15) is 12.5 Å². The minimum Gasteiger partial charge on any atom is -0.409 e. The first kappa shape index (κ1) is 13.6. The summed E-state index contributed by atoms with van der Waals surface area (Å²) < 4.78 is 5.57. The number of hydrogen-bond acceptors (Lipinski definition) is 6. The molecule has 1 aromatic rings. The normalized spacial score (nSPS) is 24.5. The Balaban J connectivity index is 2.13. The average Bonchev–Trinajstić information content (AvgIpc) is 2.46. The molecule has 0 amide bonds. The van der Waals surface area contributed by atoms with E-state index in [0.29, 0.717) is 18.7 Å². The third-order valence-electron chi connectivity index (χ3n) is 3.01. The van der Waals surface area contributed by atoms with Crippen molar-refractivity contribution < 1.29 is 15.1 Å². The van der Waals surface area contributed by atoms with Gasteiger partial charge in [0, 0.05) is 24.8 Å². The lowest BCUT2D eigenvalue weighted by Gasteiger charge is -2.36. The molecule has 1 aliphatic rings. The number of amidine groups is 1. The number of rotatable bonds is 3. The van der Waals surface area contributed by atoms with E-state index in [-0.39, 0.29) is 24.7 Å². The number of oxime groups is 1. The van der Waals surface area contributed by atoms with Crippen molar-refractivity contribution in [1.29, 1.82) is 0 Å². The van der Waals surface area contributed by atoms with E-state index in [9.17, 15) is 5.11 Å². The molecule has 0 spiro atoms. The summed E-state index contributed by atoms with van der Waals surface area (Å²) in [6, 6.07) is 3.55. The van der Waals surface area contributed by atoms with Crippen LogP contribution in [0, 0.1) is 0 Å². The zero-order valence-electron chi connectivity index (χ0n) is 10.7. The lowest BCUT2D eigenvalue weighted by atomic mass is 10.2. The van der Waals surface area contributed by atoms with E-state index in [0.717, 1.165) is 5.82 Å². The Labute approximate surface area is 111 Å². The number of pyridine rings is 1. The molecule has 2 unspecified atom stereocenters. The zero-order chi connectivity index (χ0) is 13.8. The van der Waals surface area contributed by atoms with E-state index in [2.05, 4.69) is 10.1 Å². The van der Waals surface area contributed by atoms with Crippen molar-refractivity contribution >= 4 is 11.7 Å². The SMILES string of the molecule is CC1CN(c2ccc(/C(N)=N/O)cn2)CC(CO)O1. The molecule has 19 heavy (non-hydrogen) atoms. The topological polar surface area (TPSA) is 104 Å². The number of aliphatic hydroxyl groups excluding tert-OH is 1. The van der Waals surface area contributed by atoms with Gasteiger partial charge in [-0.3, -0.25) is 0 Å². The maximum atomic E-state index is 9.19. The Hall–Kier alpha value is -1.86. The second-order valence-electron chi connectivity index (χ2n) is 4.55. The van der Waals surface area contributed by atoms with Gasteiger partial charge in [0.2, 0.25) is 0 Å². The monoisotopic (exact) mass is 266 g/mol. The van der Waals surface area contributed by atoms with Crippen LogP contribution in [0.2, 0.25) is 0 Å². The summed E-state index contributed by atoms with van der Waals surface area (Å²) in [6.07, 6.45) is 1.39. The molecule has 0 radical (unpaired) electrons. The van der Waals surface area contributed by atoms with Crippen LogP contribution in [0.3, 0.4) is 0 Å². The number of nitrogens with zero attached hydrogens (tertiary/aromatic N) is 3. The van der Waals surface area contributed by atoms with Crippen molar-refractivity contribution in [3.05, 3.63) is 23.9 Å². The molecule has 4 N–H and O–H groups in total. The molecule has 1 aromatic heterocycles. The van der Waals surface area contributed by atoms with Gasteiger partial charge in [0.25, 0.3) is 0 Å². The molecular weight excluding hydrogens is 248 g/mol. The molecule has 0 aliphatic carbocycles. The van der Waals surface area contributed by atoms with Gasteiger partial charge in [-0.1, -0.05) is 5.16 Å². The molecule has 0 aromatic carbocycles. The van der Waals surface area contributed by atoms with E-state index >= 15 is 0 Å². The maximum Gasteiger partial charge on any atom is 0.171 e. The fourth-order valence-electron chi connectivity index (χ4n) is 2.12. The van der Waals surface area contributed by atoms with Gasteiger partial charge in [-0.05, 0) is 19.1 Å². The van der Waals surface area contributed by atoms with Gasteiger partial charge in [0.05, 0.1) is 18.8 Å². The predicted molar refractivity (Wildman–Crippen MR) is 70.4 cm³/mol. The van der Waals surface area contributed by atoms with Crippen LogP contribution in [0.4, 0.5) is 5.82 Å². The fraction of sp³-hybridized carbons (Fsp3) is 0.500. The zero-order valence-corrected chi connectivity index (χ0v) is 10.7.